The smallest absolute Gasteiger partial charge is 0.225 e. The summed E-state index contributed by atoms with van der Waals surface area (Å²) in [4.78, 5) is 18.3. The van der Waals surface area contributed by atoms with Crippen LogP contribution >= 0.6 is 0 Å². The fraction of sp³-hybridized carbons (Fsp3) is 0.345. The van der Waals surface area contributed by atoms with Crippen molar-refractivity contribution in [2.75, 3.05) is 43.1 Å². The van der Waals surface area contributed by atoms with E-state index in [-0.39, 0.29) is 17.9 Å². The molecule has 0 aliphatic carbocycles. The number of anilines is 2. The topological polar surface area (TPSA) is 44.8 Å². The second-order valence-electron chi connectivity index (χ2n) is 9.37. The summed E-state index contributed by atoms with van der Waals surface area (Å²) in [5.74, 6) is 0.923. The van der Waals surface area contributed by atoms with Crippen LogP contribution in [0.4, 0.5) is 11.4 Å². The summed E-state index contributed by atoms with van der Waals surface area (Å²) in [5, 5.41) is 3.24. The summed E-state index contributed by atoms with van der Waals surface area (Å²) in [7, 11) is 1.71. The molecule has 2 heterocycles. The molecule has 2 aliphatic rings. The van der Waals surface area contributed by atoms with Crippen molar-refractivity contribution in [1.29, 1.82) is 0 Å². The van der Waals surface area contributed by atoms with E-state index in [1.807, 2.05) is 24.3 Å². The number of benzene rings is 3. The van der Waals surface area contributed by atoms with Gasteiger partial charge >= 0.3 is 0 Å². The van der Waals surface area contributed by atoms with Gasteiger partial charge in [-0.1, -0.05) is 54.1 Å². The molecule has 5 rings (SSSR count). The molecule has 34 heavy (non-hydrogen) atoms. The van der Waals surface area contributed by atoms with Gasteiger partial charge in [-0.25, -0.2) is 0 Å². The molecule has 3 aromatic carbocycles. The van der Waals surface area contributed by atoms with Gasteiger partial charge in [-0.3, -0.25) is 4.79 Å². The SMILES string of the molecule is COc1ccc2c(c1)N1CCN(c3ccc(C)cc3)CC1C(C(=O)NCCc1ccccc1)C2. The fourth-order valence-corrected chi connectivity index (χ4v) is 5.30. The molecule has 1 saturated heterocycles. The van der Waals surface area contributed by atoms with E-state index in [2.05, 4.69) is 70.6 Å². The molecular formula is C29H33N3O2. The van der Waals surface area contributed by atoms with Crippen molar-refractivity contribution in [3.05, 3.63) is 89.5 Å². The highest BCUT2D eigenvalue weighted by molar-refractivity contribution is 5.82. The van der Waals surface area contributed by atoms with Crippen molar-refractivity contribution >= 4 is 17.3 Å². The van der Waals surface area contributed by atoms with E-state index in [4.69, 9.17) is 4.74 Å². The Morgan fingerprint density at radius 2 is 1.82 bits per heavy atom. The zero-order valence-electron chi connectivity index (χ0n) is 20.0. The van der Waals surface area contributed by atoms with E-state index >= 15 is 0 Å². The molecule has 0 bridgehead atoms. The van der Waals surface area contributed by atoms with Crippen molar-refractivity contribution in [3.8, 4) is 5.75 Å². The largest absolute Gasteiger partial charge is 0.497 e. The first kappa shape index (κ1) is 22.3. The fourth-order valence-electron chi connectivity index (χ4n) is 5.30. The lowest BCUT2D eigenvalue weighted by atomic mass is 9.83. The minimum atomic E-state index is -0.0927. The van der Waals surface area contributed by atoms with Crippen molar-refractivity contribution < 1.29 is 9.53 Å². The third-order valence-corrected chi connectivity index (χ3v) is 7.22. The predicted octanol–water partition coefficient (Wildman–Crippen LogP) is 4.23. The molecule has 0 radical (unpaired) electrons. The van der Waals surface area contributed by atoms with Crippen LogP contribution in [0.2, 0.25) is 0 Å². The van der Waals surface area contributed by atoms with Crippen LogP contribution < -0.4 is 19.9 Å². The molecule has 0 saturated carbocycles. The highest BCUT2D eigenvalue weighted by atomic mass is 16.5. The van der Waals surface area contributed by atoms with Gasteiger partial charge in [0.25, 0.3) is 0 Å². The van der Waals surface area contributed by atoms with Gasteiger partial charge < -0.3 is 19.9 Å². The Bertz CT molecular complexity index is 1130. The zero-order valence-corrected chi connectivity index (χ0v) is 20.0. The van der Waals surface area contributed by atoms with Crippen LogP contribution in [0.5, 0.6) is 5.75 Å². The number of hydrogen-bond donors (Lipinski definition) is 1. The van der Waals surface area contributed by atoms with Gasteiger partial charge in [0, 0.05) is 43.6 Å². The third kappa shape index (κ3) is 4.60. The van der Waals surface area contributed by atoms with Gasteiger partial charge in [0.15, 0.2) is 0 Å². The second kappa shape index (κ2) is 9.80. The number of nitrogens with zero attached hydrogens (tertiary/aromatic N) is 2. The van der Waals surface area contributed by atoms with E-state index in [1.54, 1.807) is 7.11 Å². The van der Waals surface area contributed by atoms with Crippen LogP contribution in [0.25, 0.3) is 0 Å². The quantitative estimate of drug-likeness (QED) is 0.604. The zero-order chi connectivity index (χ0) is 23.5. The molecule has 176 valence electrons. The molecule has 5 nitrogen and oxygen atoms in total. The molecule has 3 aromatic rings. The number of ether oxygens (including phenoxy) is 1. The first-order valence-corrected chi connectivity index (χ1v) is 12.2. The van der Waals surface area contributed by atoms with E-state index in [0.717, 1.165) is 38.2 Å². The number of carbonyl (C=O) groups excluding carboxylic acids is 1. The number of hydrogen-bond acceptors (Lipinski definition) is 4. The van der Waals surface area contributed by atoms with Gasteiger partial charge in [0.05, 0.1) is 19.1 Å². The molecular weight excluding hydrogens is 422 g/mol. The van der Waals surface area contributed by atoms with Crippen molar-refractivity contribution in [1.82, 2.24) is 5.32 Å². The molecule has 2 atom stereocenters. The van der Waals surface area contributed by atoms with Gasteiger partial charge in [0.1, 0.15) is 5.75 Å². The van der Waals surface area contributed by atoms with Crippen molar-refractivity contribution in [2.45, 2.75) is 25.8 Å². The average molecular weight is 456 g/mol. The summed E-state index contributed by atoms with van der Waals surface area (Å²) >= 11 is 0. The van der Waals surface area contributed by atoms with Gasteiger partial charge in [-0.05, 0) is 49.1 Å². The summed E-state index contributed by atoms with van der Waals surface area (Å²) in [6, 6.07) is 25.4. The molecule has 2 unspecified atom stereocenters. The maximum absolute atomic E-state index is 13.5. The summed E-state index contributed by atoms with van der Waals surface area (Å²) in [5.41, 5.74) is 6.17. The van der Waals surface area contributed by atoms with Crippen LogP contribution in [-0.2, 0) is 17.6 Å². The number of aryl methyl sites for hydroxylation is 1. The van der Waals surface area contributed by atoms with Gasteiger partial charge in [0.2, 0.25) is 5.91 Å². The highest BCUT2D eigenvalue weighted by Crippen LogP contribution is 2.39. The van der Waals surface area contributed by atoms with Gasteiger partial charge in [-0.15, -0.1) is 0 Å². The Hall–Kier alpha value is -3.47. The molecule has 0 spiro atoms. The minimum absolute atomic E-state index is 0.0927. The van der Waals surface area contributed by atoms with Crippen LogP contribution in [0.15, 0.2) is 72.8 Å². The molecule has 1 N–H and O–H groups in total. The number of piperazine rings is 1. The number of rotatable bonds is 6. The molecule has 1 fully saturated rings. The average Bonchev–Trinajstić information content (AvgIpc) is 2.88. The van der Waals surface area contributed by atoms with Crippen molar-refractivity contribution in [2.24, 2.45) is 5.92 Å². The third-order valence-electron chi connectivity index (χ3n) is 7.22. The Morgan fingerprint density at radius 3 is 2.59 bits per heavy atom. The maximum atomic E-state index is 13.5. The van der Waals surface area contributed by atoms with Crippen molar-refractivity contribution in [3.63, 3.8) is 0 Å². The molecule has 1 amide bonds. The summed E-state index contributed by atoms with van der Waals surface area (Å²) in [6.45, 7) is 5.41. The Labute approximate surface area is 202 Å². The standard InChI is InChI=1S/C29H33N3O2/c1-21-8-11-24(12-9-21)31-16-17-32-27-19-25(34-2)13-10-23(27)18-26(28(32)20-31)29(33)30-15-14-22-6-4-3-5-7-22/h3-13,19,26,28H,14-18,20H2,1-2H3,(H,30,33). The first-order valence-electron chi connectivity index (χ1n) is 12.2. The lowest BCUT2D eigenvalue weighted by Crippen LogP contribution is -2.61. The van der Waals surface area contributed by atoms with Crippen LogP contribution in [0.1, 0.15) is 16.7 Å². The molecule has 5 heteroatoms. The summed E-state index contributed by atoms with van der Waals surface area (Å²) < 4.78 is 5.51. The van der Waals surface area contributed by atoms with Gasteiger partial charge in [-0.2, -0.15) is 0 Å². The monoisotopic (exact) mass is 455 g/mol. The van der Waals surface area contributed by atoms with Crippen LogP contribution in [-0.4, -0.2) is 45.2 Å². The Balaban J connectivity index is 1.37. The lowest BCUT2D eigenvalue weighted by Gasteiger charge is -2.49. The van der Waals surface area contributed by atoms with E-state index < -0.39 is 0 Å². The molecule has 2 aliphatic heterocycles. The first-order chi connectivity index (χ1) is 16.6. The summed E-state index contributed by atoms with van der Waals surface area (Å²) in [6.07, 6.45) is 1.59. The molecule has 0 aromatic heterocycles. The van der Waals surface area contributed by atoms with E-state index in [9.17, 15) is 4.79 Å². The number of fused-ring (bicyclic) bond motifs is 3. The number of nitrogens with one attached hydrogen (secondary N) is 1. The van der Waals surface area contributed by atoms with Crippen LogP contribution in [0.3, 0.4) is 0 Å². The Morgan fingerprint density at radius 1 is 1.03 bits per heavy atom. The maximum Gasteiger partial charge on any atom is 0.225 e. The highest BCUT2D eigenvalue weighted by Gasteiger charge is 2.41. The lowest BCUT2D eigenvalue weighted by molar-refractivity contribution is -0.125. The van der Waals surface area contributed by atoms with E-state index in [1.165, 1.54) is 28.1 Å². The normalized spacial score (nSPS) is 19.2. The number of carbonyl (C=O) groups is 1. The van der Waals surface area contributed by atoms with E-state index in [0.29, 0.717) is 6.54 Å². The number of methoxy groups -OCH3 is 1. The second-order valence-corrected chi connectivity index (χ2v) is 9.37. The predicted molar refractivity (Wildman–Crippen MR) is 138 cm³/mol. The minimum Gasteiger partial charge on any atom is -0.497 e. The number of amides is 1. The van der Waals surface area contributed by atoms with Crippen LogP contribution in [0, 0.1) is 12.8 Å². The Kier molecular flexibility index (Phi) is 6.43.